The van der Waals surface area contributed by atoms with E-state index in [1.165, 1.54) is 5.56 Å². The molecule has 0 atom stereocenters. The van der Waals surface area contributed by atoms with Crippen molar-refractivity contribution in [2.24, 2.45) is 0 Å². The fraction of sp³-hybridized carbons (Fsp3) is 0.357. The summed E-state index contributed by atoms with van der Waals surface area (Å²) in [5, 5.41) is 2.74. The van der Waals surface area contributed by atoms with Crippen LogP contribution >= 0.6 is 0 Å². The van der Waals surface area contributed by atoms with E-state index in [0.717, 1.165) is 18.6 Å². The molecule has 0 spiro atoms. The average Bonchev–Trinajstić information content (AvgIpc) is 2.37. The number of nitrogens with one attached hydrogen (secondary N) is 1. The van der Waals surface area contributed by atoms with Gasteiger partial charge in [0.05, 0.1) is 0 Å². The molecule has 0 fully saturated rings. The van der Waals surface area contributed by atoms with Crippen molar-refractivity contribution in [2.75, 3.05) is 13.2 Å². The Balaban J connectivity index is 2.29. The molecule has 1 rings (SSSR count). The Hall–Kier alpha value is -1.77. The number of rotatable bonds is 7. The van der Waals surface area contributed by atoms with Crippen molar-refractivity contribution in [3.63, 3.8) is 0 Å². The molecule has 0 radical (unpaired) electrons. The van der Waals surface area contributed by atoms with Gasteiger partial charge in [0.15, 0.2) is 6.61 Å². The Bertz CT molecular complexity index is 357. The summed E-state index contributed by atoms with van der Waals surface area (Å²) in [6.45, 7) is 6.35. The standard InChI is InChI=1S/C14H19NO2/c1-3-5-10-15-14(16)11-17-13-8-6-12(4-2)7-9-13/h3,6-9H,1,4-5,10-11H2,2H3,(H,15,16). The van der Waals surface area contributed by atoms with Crippen LogP contribution in [0, 0.1) is 0 Å². The molecular formula is C14H19NO2. The molecule has 1 amide bonds. The van der Waals surface area contributed by atoms with Crippen LogP contribution in [0.15, 0.2) is 36.9 Å². The molecule has 92 valence electrons. The number of carbonyl (C=O) groups excluding carboxylic acids is 1. The fourth-order valence-corrected chi connectivity index (χ4v) is 1.33. The second-order valence-corrected chi connectivity index (χ2v) is 3.71. The van der Waals surface area contributed by atoms with E-state index in [4.69, 9.17) is 4.74 Å². The highest BCUT2D eigenvalue weighted by Crippen LogP contribution is 2.12. The Morgan fingerprint density at radius 1 is 1.41 bits per heavy atom. The average molecular weight is 233 g/mol. The smallest absolute Gasteiger partial charge is 0.257 e. The van der Waals surface area contributed by atoms with Gasteiger partial charge in [-0.15, -0.1) is 6.58 Å². The number of hydrogen-bond acceptors (Lipinski definition) is 2. The molecule has 0 aromatic heterocycles. The predicted molar refractivity (Wildman–Crippen MR) is 69.1 cm³/mol. The van der Waals surface area contributed by atoms with Gasteiger partial charge in [0, 0.05) is 6.54 Å². The van der Waals surface area contributed by atoms with Crippen LogP contribution < -0.4 is 10.1 Å². The molecule has 0 aliphatic carbocycles. The monoisotopic (exact) mass is 233 g/mol. The minimum atomic E-state index is -0.105. The van der Waals surface area contributed by atoms with Crippen molar-refractivity contribution in [3.05, 3.63) is 42.5 Å². The molecule has 17 heavy (non-hydrogen) atoms. The minimum absolute atomic E-state index is 0.0581. The molecule has 3 heteroatoms. The Morgan fingerprint density at radius 2 is 2.12 bits per heavy atom. The quantitative estimate of drug-likeness (QED) is 0.580. The topological polar surface area (TPSA) is 38.3 Å². The lowest BCUT2D eigenvalue weighted by Gasteiger charge is -2.07. The molecule has 0 heterocycles. The highest BCUT2D eigenvalue weighted by molar-refractivity contribution is 5.77. The fourth-order valence-electron chi connectivity index (χ4n) is 1.33. The van der Waals surface area contributed by atoms with Gasteiger partial charge in [0.2, 0.25) is 0 Å². The van der Waals surface area contributed by atoms with Crippen molar-refractivity contribution < 1.29 is 9.53 Å². The second-order valence-electron chi connectivity index (χ2n) is 3.71. The van der Waals surface area contributed by atoms with Crippen molar-refractivity contribution in [1.82, 2.24) is 5.32 Å². The van der Waals surface area contributed by atoms with Crippen LogP contribution in [0.5, 0.6) is 5.75 Å². The van der Waals surface area contributed by atoms with Crippen molar-refractivity contribution in [3.8, 4) is 5.75 Å². The van der Waals surface area contributed by atoms with Gasteiger partial charge in [-0.3, -0.25) is 4.79 Å². The molecular weight excluding hydrogens is 214 g/mol. The third-order valence-electron chi connectivity index (χ3n) is 2.37. The second kappa shape index (κ2) is 7.49. The third-order valence-corrected chi connectivity index (χ3v) is 2.37. The maximum atomic E-state index is 11.3. The molecule has 0 aliphatic rings. The highest BCUT2D eigenvalue weighted by atomic mass is 16.5. The number of ether oxygens (including phenoxy) is 1. The summed E-state index contributed by atoms with van der Waals surface area (Å²) < 4.78 is 5.36. The van der Waals surface area contributed by atoms with E-state index in [0.29, 0.717) is 6.54 Å². The van der Waals surface area contributed by atoms with Crippen LogP contribution in [-0.4, -0.2) is 19.1 Å². The van der Waals surface area contributed by atoms with E-state index in [1.807, 2.05) is 24.3 Å². The first-order valence-corrected chi connectivity index (χ1v) is 5.85. The van der Waals surface area contributed by atoms with Gasteiger partial charge < -0.3 is 10.1 Å². The minimum Gasteiger partial charge on any atom is -0.484 e. The van der Waals surface area contributed by atoms with Gasteiger partial charge in [0.1, 0.15) is 5.75 Å². The predicted octanol–water partition coefficient (Wildman–Crippen LogP) is 2.32. The number of carbonyl (C=O) groups is 1. The first-order valence-electron chi connectivity index (χ1n) is 5.85. The first kappa shape index (κ1) is 13.3. The van der Waals surface area contributed by atoms with E-state index < -0.39 is 0 Å². The van der Waals surface area contributed by atoms with E-state index in [1.54, 1.807) is 6.08 Å². The summed E-state index contributed by atoms with van der Waals surface area (Å²) in [4.78, 5) is 11.3. The summed E-state index contributed by atoms with van der Waals surface area (Å²) in [6, 6.07) is 7.78. The number of aryl methyl sites for hydroxylation is 1. The first-order chi connectivity index (χ1) is 8.26. The Morgan fingerprint density at radius 3 is 2.71 bits per heavy atom. The van der Waals surface area contributed by atoms with Crippen LogP contribution in [0.2, 0.25) is 0 Å². The van der Waals surface area contributed by atoms with Crippen molar-refractivity contribution in [1.29, 1.82) is 0 Å². The molecule has 0 unspecified atom stereocenters. The molecule has 0 saturated heterocycles. The normalized spacial score (nSPS) is 9.71. The van der Waals surface area contributed by atoms with E-state index in [-0.39, 0.29) is 12.5 Å². The van der Waals surface area contributed by atoms with Crippen LogP contribution in [-0.2, 0) is 11.2 Å². The van der Waals surface area contributed by atoms with Crippen LogP contribution in [0.4, 0.5) is 0 Å². The molecule has 0 aliphatic heterocycles. The SMILES string of the molecule is C=CCCNC(=O)COc1ccc(CC)cc1. The molecule has 3 nitrogen and oxygen atoms in total. The molecule has 1 aromatic carbocycles. The van der Waals surface area contributed by atoms with Crippen LogP contribution in [0.1, 0.15) is 18.9 Å². The molecule has 0 saturated carbocycles. The lowest BCUT2D eigenvalue weighted by atomic mass is 10.2. The lowest BCUT2D eigenvalue weighted by Crippen LogP contribution is -2.29. The lowest BCUT2D eigenvalue weighted by molar-refractivity contribution is -0.123. The maximum Gasteiger partial charge on any atom is 0.257 e. The van der Waals surface area contributed by atoms with Gasteiger partial charge in [-0.25, -0.2) is 0 Å². The summed E-state index contributed by atoms with van der Waals surface area (Å²) in [7, 11) is 0. The third kappa shape index (κ3) is 5.20. The number of amides is 1. The number of benzene rings is 1. The van der Waals surface area contributed by atoms with Gasteiger partial charge >= 0.3 is 0 Å². The van der Waals surface area contributed by atoms with Gasteiger partial charge in [-0.05, 0) is 30.5 Å². The summed E-state index contributed by atoms with van der Waals surface area (Å²) in [5.74, 6) is 0.618. The van der Waals surface area contributed by atoms with Crippen LogP contribution in [0.3, 0.4) is 0 Å². The molecule has 1 aromatic rings. The Labute approximate surface area is 102 Å². The molecule has 0 bridgehead atoms. The van der Waals surface area contributed by atoms with Crippen LogP contribution in [0.25, 0.3) is 0 Å². The summed E-state index contributed by atoms with van der Waals surface area (Å²) in [6.07, 6.45) is 3.55. The zero-order valence-corrected chi connectivity index (χ0v) is 10.2. The van der Waals surface area contributed by atoms with Gasteiger partial charge in [0.25, 0.3) is 5.91 Å². The number of hydrogen-bond donors (Lipinski definition) is 1. The van der Waals surface area contributed by atoms with E-state index in [9.17, 15) is 4.79 Å². The summed E-state index contributed by atoms with van der Waals surface area (Å²) in [5.41, 5.74) is 1.26. The van der Waals surface area contributed by atoms with E-state index >= 15 is 0 Å². The zero-order chi connectivity index (χ0) is 12.5. The van der Waals surface area contributed by atoms with Crippen molar-refractivity contribution in [2.45, 2.75) is 19.8 Å². The summed E-state index contributed by atoms with van der Waals surface area (Å²) >= 11 is 0. The zero-order valence-electron chi connectivity index (χ0n) is 10.2. The van der Waals surface area contributed by atoms with E-state index in [2.05, 4.69) is 18.8 Å². The highest BCUT2D eigenvalue weighted by Gasteiger charge is 2.01. The molecule has 1 N–H and O–H groups in total. The van der Waals surface area contributed by atoms with Crippen molar-refractivity contribution >= 4 is 5.91 Å². The van der Waals surface area contributed by atoms with Gasteiger partial charge in [-0.1, -0.05) is 25.1 Å². The van der Waals surface area contributed by atoms with Gasteiger partial charge in [-0.2, -0.15) is 0 Å². The largest absolute Gasteiger partial charge is 0.484 e. The Kier molecular flexibility index (Phi) is 5.86. The maximum absolute atomic E-state index is 11.3.